The van der Waals surface area contributed by atoms with Crippen molar-refractivity contribution in [3.63, 3.8) is 0 Å². The minimum Gasteiger partial charge on any atom is -0.352 e. The van der Waals surface area contributed by atoms with Crippen molar-refractivity contribution >= 4 is 23.5 Å². The first-order valence-electron chi connectivity index (χ1n) is 6.96. The third-order valence-electron chi connectivity index (χ3n) is 3.44. The monoisotopic (exact) mass is 311 g/mol. The van der Waals surface area contributed by atoms with Crippen molar-refractivity contribution < 1.29 is 9.59 Å². The minimum atomic E-state index is -0.533. The summed E-state index contributed by atoms with van der Waals surface area (Å²) in [7, 11) is 1.79. The number of carbonyl (C=O) groups excluding carboxylic acids is 2. The molecule has 6 heteroatoms. The summed E-state index contributed by atoms with van der Waals surface area (Å²) in [6, 6.07) is 6.96. The molecule has 0 heterocycles. The number of rotatable bonds is 7. The second-order valence-corrected chi connectivity index (χ2v) is 5.42. The molecule has 1 unspecified atom stereocenters. The fraction of sp³-hybridized carbons (Fsp3) is 0.467. The van der Waals surface area contributed by atoms with Crippen LogP contribution >= 0.6 is 11.6 Å². The van der Waals surface area contributed by atoms with E-state index in [1.165, 1.54) is 0 Å². The maximum atomic E-state index is 12.1. The lowest BCUT2D eigenvalue weighted by molar-refractivity contribution is -0.131. The van der Waals surface area contributed by atoms with Crippen molar-refractivity contribution in [2.45, 2.75) is 32.2 Å². The first kappa shape index (κ1) is 17.3. The van der Waals surface area contributed by atoms with Gasteiger partial charge in [0.1, 0.15) is 0 Å². The van der Waals surface area contributed by atoms with E-state index in [1.807, 2.05) is 31.2 Å². The molecule has 1 atom stereocenters. The molecular weight excluding hydrogens is 290 g/mol. The van der Waals surface area contributed by atoms with Crippen LogP contribution in [0, 0.1) is 0 Å². The van der Waals surface area contributed by atoms with Gasteiger partial charge in [-0.1, -0.05) is 23.7 Å². The van der Waals surface area contributed by atoms with E-state index in [1.54, 1.807) is 11.9 Å². The molecule has 0 fully saturated rings. The van der Waals surface area contributed by atoms with Gasteiger partial charge in [0.15, 0.2) is 0 Å². The molecule has 0 aliphatic rings. The van der Waals surface area contributed by atoms with Crippen LogP contribution < -0.4 is 11.1 Å². The molecule has 0 saturated heterocycles. The number of hydrogen-bond acceptors (Lipinski definition) is 2. The zero-order chi connectivity index (χ0) is 15.8. The first-order valence-corrected chi connectivity index (χ1v) is 7.34. The Morgan fingerprint density at radius 1 is 1.29 bits per heavy atom. The molecule has 0 saturated carbocycles. The zero-order valence-electron chi connectivity index (χ0n) is 12.4. The molecule has 0 aliphatic heterocycles. The second kappa shape index (κ2) is 8.52. The van der Waals surface area contributed by atoms with Crippen LogP contribution in [0.3, 0.4) is 0 Å². The molecule has 21 heavy (non-hydrogen) atoms. The summed E-state index contributed by atoms with van der Waals surface area (Å²) >= 11 is 5.86. The summed E-state index contributed by atoms with van der Waals surface area (Å²) in [6.07, 6.45) is 1.91. The summed E-state index contributed by atoms with van der Waals surface area (Å²) < 4.78 is 0. The highest BCUT2D eigenvalue weighted by Gasteiger charge is 2.16. The number of carbonyl (C=O) groups is 2. The number of nitrogens with one attached hydrogen (secondary N) is 1. The van der Waals surface area contributed by atoms with Gasteiger partial charge in [-0.2, -0.15) is 0 Å². The standard InChI is InChI=1S/C15H22ClN3O2/c1-11(12-6-8-13(16)9-7-12)19(2)14(20)5-3-4-10-18-15(17)21/h6-9,11H,3-5,10H2,1-2H3,(H3,17,18,21). The molecule has 0 spiro atoms. The molecule has 0 bridgehead atoms. The Morgan fingerprint density at radius 2 is 1.90 bits per heavy atom. The van der Waals surface area contributed by atoms with Crippen LogP contribution in [0.5, 0.6) is 0 Å². The van der Waals surface area contributed by atoms with Gasteiger partial charge in [-0.15, -0.1) is 0 Å². The summed E-state index contributed by atoms with van der Waals surface area (Å²) in [5.41, 5.74) is 6.01. The number of nitrogens with two attached hydrogens (primary N) is 1. The van der Waals surface area contributed by atoms with E-state index in [2.05, 4.69) is 5.32 Å². The normalized spacial score (nSPS) is 11.8. The summed E-state index contributed by atoms with van der Waals surface area (Å²) in [5, 5.41) is 3.19. The van der Waals surface area contributed by atoms with Gasteiger partial charge in [0.25, 0.3) is 0 Å². The van der Waals surface area contributed by atoms with Gasteiger partial charge >= 0.3 is 6.03 Å². The van der Waals surface area contributed by atoms with E-state index in [0.717, 1.165) is 18.4 Å². The topological polar surface area (TPSA) is 75.4 Å². The predicted octanol–water partition coefficient (Wildman–Crippen LogP) is 2.70. The highest BCUT2D eigenvalue weighted by atomic mass is 35.5. The van der Waals surface area contributed by atoms with Crippen molar-refractivity contribution in [3.8, 4) is 0 Å². The van der Waals surface area contributed by atoms with Crippen molar-refractivity contribution in [3.05, 3.63) is 34.9 Å². The largest absolute Gasteiger partial charge is 0.352 e. The zero-order valence-corrected chi connectivity index (χ0v) is 13.2. The van der Waals surface area contributed by atoms with Gasteiger partial charge in [0.05, 0.1) is 6.04 Å². The number of benzene rings is 1. The van der Waals surface area contributed by atoms with Gasteiger partial charge in [0, 0.05) is 25.0 Å². The molecule has 1 rings (SSSR count). The number of nitrogens with zero attached hydrogens (tertiary/aromatic N) is 1. The van der Waals surface area contributed by atoms with Crippen molar-refractivity contribution in [1.29, 1.82) is 0 Å². The number of hydrogen-bond donors (Lipinski definition) is 2. The van der Waals surface area contributed by atoms with Crippen molar-refractivity contribution in [2.75, 3.05) is 13.6 Å². The summed E-state index contributed by atoms with van der Waals surface area (Å²) in [4.78, 5) is 24.3. The molecule has 0 radical (unpaired) electrons. The maximum Gasteiger partial charge on any atom is 0.312 e. The van der Waals surface area contributed by atoms with E-state index in [4.69, 9.17) is 17.3 Å². The highest BCUT2D eigenvalue weighted by Crippen LogP contribution is 2.21. The Morgan fingerprint density at radius 3 is 2.48 bits per heavy atom. The smallest absolute Gasteiger partial charge is 0.312 e. The molecule has 1 aromatic carbocycles. The van der Waals surface area contributed by atoms with Crippen molar-refractivity contribution in [1.82, 2.24) is 10.2 Å². The second-order valence-electron chi connectivity index (χ2n) is 4.98. The van der Waals surface area contributed by atoms with Crippen LogP contribution in [0.25, 0.3) is 0 Å². The van der Waals surface area contributed by atoms with Crippen LogP contribution in [0.4, 0.5) is 4.79 Å². The van der Waals surface area contributed by atoms with E-state index in [9.17, 15) is 9.59 Å². The van der Waals surface area contributed by atoms with E-state index in [-0.39, 0.29) is 11.9 Å². The molecule has 1 aromatic rings. The number of unbranched alkanes of at least 4 members (excludes halogenated alkanes) is 1. The third kappa shape index (κ3) is 6.04. The lowest BCUT2D eigenvalue weighted by Crippen LogP contribution is -2.31. The fourth-order valence-corrected chi connectivity index (χ4v) is 2.10. The number of primary amides is 1. The lowest BCUT2D eigenvalue weighted by atomic mass is 10.1. The fourth-order valence-electron chi connectivity index (χ4n) is 1.97. The maximum absolute atomic E-state index is 12.1. The molecule has 0 aliphatic carbocycles. The van der Waals surface area contributed by atoms with Gasteiger partial charge in [-0.25, -0.2) is 4.79 Å². The van der Waals surface area contributed by atoms with Crippen LogP contribution in [-0.2, 0) is 4.79 Å². The van der Waals surface area contributed by atoms with E-state index in [0.29, 0.717) is 18.0 Å². The average Bonchev–Trinajstić information content (AvgIpc) is 2.45. The van der Waals surface area contributed by atoms with Crippen LogP contribution in [0.2, 0.25) is 5.02 Å². The quantitative estimate of drug-likeness (QED) is 0.760. The number of halogens is 1. The number of urea groups is 1. The van der Waals surface area contributed by atoms with Crippen LogP contribution in [0.1, 0.15) is 37.8 Å². The van der Waals surface area contributed by atoms with Crippen molar-refractivity contribution in [2.24, 2.45) is 5.73 Å². The lowest BCUT2D eigenvalue weighted by Gasteiger charge is -2.25. The first-order chi connectivity index (χ1) is 9.91. The molecule has 3 N–H and O–H groups in total. The van der Waals surface area contributed by atoms with Gasteiger partial charge < -0.3 is 16.0 Å². The Labute approximate surface area is 130 Å². The molecule has 116 valence electrons. The average molecular weight is 312 g/mol. The van der Waals surface area contributed by atoms with Gasteiger partial charge in [0.2, 0.25) is 5.91 Å². The SMILES string of the molecule is CC(c1ccc(Cl)cc1)N(C)C(=O)CCCCNC(N)=O. The van der Waals surface area contributed by atoms with Gasteiger partial charge in [-0.3, -0.25) is 4.79 Å². The minimum absolute atomic E-state index is 0.00138. The third-order valence-corrected chi connectivity index (χ3v) is 3.70. The Balaban J connectivity index is 2.39. The Hall–Kier alpha value is -1.75. The van der Waals surface area contributed by atoms with Gasteiger partial charge in [-0.05, 0) is 37.5 Å². The number of amides is 3. The summed E-state index contributed by atoms with van der Waals surface area (Å²) in [5.74, 6) is 0.0801. The highest BCUT2D eigenvalue weighted by molar-refractivity contribution is 6.30. The van der Waals surface area contributed by atoms with E-state index >= 15 is 0 Å². The molecule has 0 aromatic heterocycles. The predicted molar refractivity (Wildman–Crippen MR) is 84.1 cm³/mol. The molecule has 5 nitrogen and oxygen atoms in total. The van der Waals surface area contributed by atoms with Crippen LogP contribution in [0.15, 0.2) is 24.3 Å². The Kier molecular flexibility index (Phi) is 7.02. The Bertz CT molecular complexity index is 476. The van der Waals surface area contributed by atoms with E-state index < -0.39 is 6.03 Å². The summed E-state index contributed by atoms with van der Waals surface area (Å²) in [6.45, 7) is 2.48. The van der Waals surface area contributed by atoms with Crippen LogP contribution in [-0.4, -0.2) is 30.4 Å². The molecular formula is C15H22ClN3O2. The molecule has 3 amide bonds.